The van der Waals surface area contributed by atoms with E-state index in [1.165, 1.54) is 15.3 Å². The van der Waals surface area contributed by atoms with Crippen molar-refractivity contribution < 1.29 is 8.42 Å². The number of hydrogen-bond donors (Lipinski definition) is 2. The number of anilines is 1. The van der Waals surface area contributed by atoms with E-state index in [1.807, 2.05) is 42.1 Å². The second-order valence-electron chi connectivity index (χ2n) is 8.25. The Bertz CT molecular complexity index is 1390. The third-order valence-corrected chi connectivity index (χ3v) is 9.55. The van der Waals surface area contributed by atoms with Crippen molar-refractivity contribution in [3.8, 4) is 11.3 Å². The first-order valence-corrected chi connectivity index (χ1v) is 14.8. The highest BCUT2D eigenvalue weighted by Crippen LogP contribution is 2.40. The molecule has 0 saturated carbocycles. The zero-order valence-corrected chi connectivity index (χ0v) is 21.2. The number of sulfonamides is 1. The Balaban J connectivity index is 1.09. The number of hydrogen-bond acceptors (Lipinski definition) is 6. The number of fused-ring (bicyclic) bond motifs is 4. The van der Waals surface area contributed by atoms with Crippen LogP contribution in [0.25, 0.3) is 22.0 Å². The fourth-order valence-electron chi connectivity index (χ4n) is 4.19. The van der Waals surface area contributed by atoms with Gasteiger partial charge in [-0.15, -0.1) is 23.1 Å². The minimum Gasteiger partial charge on any atom is -0.361 e. The lowest BCUT2D eigenvalue weighted by Gasteiger charge is -2.09. The van der Waals surface area contributed by atoms with E-state index in [1.54, 1.807) is 23.5 Å². The molecule has 2 N–H and O–H groups in total. The van der Waals surface area contributed by atoms with Gasteiger partial charge in [0.05, 0.1) is 10.6 Å². The molecular formula is C26H27N3O2S3. The van der Waals surface area contributed by atoms with Gasteiger partial charge in [-0.25, -0.2) is 18.1 Å². The van der Waals surface area contributed by atoms with Gasteiger partial charge in [-0.05, 0) is 36.8 Å². The molecule has 8 heteroatoms. The van der Waals surface area contributed by atoms with Crippen LogP contribution < -0.4 is 10.0 Å². The molecule has 4 aromatic rings. The Morgan fingerprint density at radius 3 is 2.62 bits per heavy atom. The summed E-state index contributed by atoms with van der Waals surface area (Å²) in [5, 5.41) is 6.13. The summed E-state index contributed by atoms with van der Waals surface area (Å²) in [4.78, 5) is 7.88. The first kappa shape index (κ1) is 23.4. The van der Waals surface area contributed by atoms with Crippen LogP contribution in [0.1, 0.15) is 24.1 Å². The number of aryl methyl sites for hydroxylation is 1. The summed E-state index contributed by atoms with van der Waals surface area (Å²) < 4.78 is 28.4. The minimum absolute atomic E-state index is 0.343. The van der Waals surface area contributed by atoms with Crippen LogP contribution in [0.4, 0.5) is 5.13 Å². The molecule has 2 heterocycles. The zero-order chi connectivity index (χ0) is 23.4. The van der Waals surface area contributed by atoms with Crippen LogP contribution in [0.15, 0.2) is 76.5 Å². The third kappa shape index (κ3) is 5.15. The molecule has 1 aromatic heterocycles. The van der Waals surface area contributed by atoms with E-state index >= 15 is 0 Å². The molecule has 5 nitrogen and oxygen atoms in total. The molecule has 1 aliphatic heterocycles. The molecule has 176 valence electrons. The average Bonchev–Trinajstić information content (AvgIpc) is 3.18. The number of benzene rings is 3. The third-order valence-electron chi connectivity index (χ3n) is 5.89. The molecule has 5 rings (SSSR count). The maximum atomic E-state index is 12.8. The topological polar surface area (TPSA) is 71.1 Å². The van der Waals surface area contributed by atoms with Crippen molar-refractivity contribution in [1.29, 1.82) is 0 Å². The summed E-state index contributed by atoms with van der Waals surface area (Å²) in [5.74, 6) is 1.08. The van der Waals surface area contributed by atoms with Gasteiger partial charge in [0.2, 0.25) is 10.0 Å². The van der Waals surface area contributed by atoms with Crippen molar-refractivity contribution in [2.24, 2.45) is 0 Å². The molecule has 0 atom stereocenters. The molecule has 0 fully saturated rings. The zero-order valence-electron chi connectivity index (χ0n) is 18.8. The van der Waals surface area contributed by atoms with E-state index in [0.29, 0.717) is 11.4 Å². The number of nitrogens with one attached hydrogen (secondary N) is 2. The van der Waals surface area contributed by atoms with Crippen LogP contribution in [0, 0.1) is 0 Å². The van der Waals surface area contributed by atoms with Crippen LogP contribution >= 0.6 is 23.1 Å². The van der Waals surface area contributed by atoms with Crippen molar-refractivity contribution in [2.75, 3.05) is 24.2 Å². The van der Waals surface area contributed by atoms with E-state index in [9.17, 15) is 8.42 Å². The van der Waals surface area contributed by atoms with Crippen molar-refractivity contribution in [3.63, 3.8) is 0 Å². The summed E-state index contributed by atoms with van der Waals surface area (Å²) in [5.41, 5.74) is 2.36. The summed E-state index contributed by atoms with van der Waals surface area (Å²) in [7, 11) is -3.53. The summed E-state index contributed by atoms with van der Waals surface area (Å²) in [6.07, 6.45) is 3.75. The Labute approximate surface area is 209 Å². The predicted molar refractivity (Wildman–Crippen MR) is 143 cm³/mol. The van der Waals surface area contributed by atoms with Crippen molar-refractivity contribution >= 4 is 49.0 Å². The van der Waals surface area contributed by atoms with Crippen molar-refractivity contribution in [1.82, 2.24) is 9.71 Å². The fourth-order valence-corrected chi connectivity index (χ4v) is 7.64. The Morgan fingerprint density at radius 2 is 1.68 bits per heavy atom. The highest BCUT2D eigenvalue weighted by Gasteiger charge is 2.19. The first-order chi connectivity index (χ1) is 16.6. The van der Waals surface area contributed by atoms with Crippen LogP contribution in [0.2, 0.25) is 0 Å². The fraction of sp³-hybridized carbons (Fsp3) is 0.269. The summed E-state index contributed by atoms with van der Waals surface area (Å²) >= 11 is 3.66. The maximum absolute atomic E-state index is 12.8. The highest BCUT2D eigenvalue weighted by molar-refractivity contribution is 7.99. The average molecular weight is 510 g/mol. The number of thioether (sulfide) groups is 1. The van der Waals surface area contributed by atoms with Gasteiger partial charge in [-0.2, -0.15) is 0 Å². The number of rotatable bonds is 9. The van der Waals surface area contributed by atoms with Crippen LogP contribution in [-0.2, 0) is 16.4 Å². The van der Waals surface area contributed by atoms with Gasteiger partial charge in [0.15, 0.2) is 5.13 Å². The van der Waals surface area contributed by atoms with Gasteiger partial charge in [-0.3, -0.25) is 0 Å². The van der Waals surface area contributed by atoms with Gasteiger partial charge in [0, 0.05) is 39.6 Å². The van der Waals surface area contributed by atoms with Crippen LogP contribution in [0.5, 0.6) is 0 Å². The smallest absolute Gasteiger partial charge is 0.241 e. The van der Waals surface area contributed by atoms with Gasteiger partial charge in [0.25, 0.3) is 0 Å². The number of thiazole rings is 1. The normalized spacial score (nSPS) is 13.3. The standard InChI is InChI=1S/C26H27N3O2S3/c30-34(31,24-14-8-10-19-9-2-3-11-20(19)24)28-17-7-1-6-16-27-26-29-25-21-12-4-5-13-22(21)32-18-15-23(25)33-26/h2-5,8-14,28H,1,6-7,15-18H2,(H,27,29). The molecule has 0 bridgehead atoms. The Morgan fingerprint density at radius 1 is 0.882 bits per heavy atom. The lowest BCUT2D eigenvalue weighted by molar-refractivity contribution is 0.576. The number of nitrogens with zero attached hydrogens (tertiary/aromatic N) is 1. The molecule has 0 aliphatic carbocycles. The van der Waals surface area contributed by atoms with E-state index in [0.717, 1.165) is 59.6 Å². The monoisotopic (exact) mass is 509 g/mol. The maximum Gasteiger partial charge on any atom is 0.241 e. The summed E-state index contributed by atoms with van der Waals surface area (Å²) in [6, 6.07) is 21.5. The number of aromatic nitrogens is 1. The molecule has 34 heavy (non-hydrogen) atoms. The van der Waals surface area contributed by atoms with E-state index in [2.05, 4.69) is 34.3 Å². The lowest BCUT2D eigenvalue weighted by atomic mass is 10.1. The summed E-state index contributed by atoms with van der Waals surface area (Å²) in [6.45, 7) is 1.27. The van der Waals surface area contributed by atoms with E-state index in [-0.39, 0.29) is 0 Å². The number of unbranched alkanes of at least 4 members (excludes halogenated alkanes) is 2. The molecule has 0 radical (unpaired) electrons. The Kier molecular flexibility index (Phi) is 7.20. The molecule has 0 saturated heterocycles. The van der Waals surface area contributed by atoms with Gasteiger partial charge < -0.3 is 5.32 Å². The molecular weight excluding hydrogens is 483 g/mol. The molecule has 0 spiro atoms. The van der Waals surface area contributed by atoms with Crippen LogP contribution in [0.3, 0.4) is 0 Å². The molecule has 0 amide bonds. The predicted octanol–water partition coefficient (Wildman–Crippen LogP) is 6.17. The minimum atomic E-state index is -3.53. The first-order valence-electron chi connectivity index (χ1n) is 11.5. The molecule has 0 unspecified atom stereocenters. The SMILES string of the molecule is O=S(=O)(NCCCCCNc1nc2c(s1)CCSc1ccccc1-2)c1cccc2ccccc12. The molecule has 1 aliphatic rings. The van der Waals surface area contributed by atoms with Gasteiger partial charge in [-0.1, -0.05) is 61.0 Å². The van der Waals surface area contributed by atoms with Crippen LogP contribution in [-0.4, -0.2) is 32.2 Å². The van der Waals surface area contributed by atoms with Crippen molar-refractivity contribution in [2.45, 2.75) is 35.5 Å². The lowest BCUT2D eigenvalue weighted by Crippen LogP contribution is -2.25. The molecule has 3 aromatic carbocycles. The largest absolute Gasteiger partial charge is 0.361 e. The highest BCUT2D eigenvalue weighted by atomic mass is 32.2. The Hall–Kier alpha value is -2.39. The second kappa shape index (κ2) is 10.5. The van der Waals surface area contributed by atoms with Gasteiger partial charge >= 0.3 is 0 Å². The van der Waals surface area contributed by atoms with E-state index < -0.39 is 10.0 Å². The quantitative estimate of drug-likeness (QED) is 0.264. The van der Waals surface area contributed by atoms with Gasteiger partial charge in [0.1, 0.15) is 0 Å². The second-order valence-corrected chi connectivity index (χ2v) is 12.2. The van der Waals surface area contributed by atoms with E-state index in [4.69, 9.17) is 4.98 Å². The van der Waals surface area contributed by atoms with Crippen molar-refractivity contribution in [3.05, 3.63) is 71.6 Å².